The number of hydrogen-bond donors (Lipinski definition) is 2. The lowest BCUT2D eigenvalue weighted by molar-refractivity contribution is -0.132. The highest BCUT2D eigenvalue weighted by Crippen LogP contribution is 2.23. The Morgan fingerprint density at radius 2 is 2.09 bits per heavy atom. The lowest BCUT2D eigenvalue weighted by Crippen LogP contribution is -2.50. The molecule has 3 N–H and O–H groups in total. The number of nitrogens with zero attached hydrogens (tertiary/aromatic N) is 1. The van der Waals surface area contributed by atoms with Gasteiger partial charge in [0, 0.05) is 6.20 Å². The van der Waals surface area contributed by atoms with Crippen molar-refractivity contribution in [2.75, 3.05) is 4.55 Å². The van der Waals surface area contributed by atoms with Gasteiger partial charge in [-0.3, -0.25) is 9.59 Å². The molecule has 0 aromatic heterocycles. The van der Waals surface area contributed by atoms with E-state index in [2.05, 4.69) is 27.9 Å². The largest absolute Gasteiger partial charge is 0.339 e. The summed E-state index contributed by atoms with van der Waals surface area (Å²) in [4.78, 5) is 26.2. The predicted molar refractivity (Wildman–Crippen MR) is 94.9 cm³/mol. The monoisotopic (exact) mass is 411 g/mol. The lowest BCUT2D eigenvalue weighted by atomic mass is 9.97. The van der Waals surface area contributed by atoms with E-state index < -0.39 is 12.1 Å². The van der Waals surface area contributed by atoms with Crippen LogP contribution in [0.1, 0.15) is 12.5 Å². The summed E-state index contributed by atoms with van der Waals surface area (Å²) in [5.74, 6) is -0.525. The van der Waals surface area contributed by atoms with Gasteiger partial charge in [-0.25, -0.2) is 0 Å². The van der Waals surface area contributed by atoms with E-state index in [9.17, 15) is 9.59 Å². The van der Waals surface area contributed by atoms with Crippen LogP contribution in [0.2, 0.25) is 0 Å². The molecule has 2 unspecified atom stereocenters. The number of halogens is 1. The van der Waals surface area contributed by atoms with Gasteiger partial charge >= 0.3 is 0 Å². The average molecular weight is 411 g/mol. The third-order valence-electron chi connectivity index (χ3n) is 3.32. The Bertz CT molecular complexity index is 611. The first-order valence-electron chi connectivity index (χ1n) is 6.90. The summed E-state index contributed by atoms with van der Waals surface area (Å²) in [5, 5.41) is 2.75. The van der Waals surface area contributed by atoms with Gasteiger partial charge in [0.25, 0.3) is 5.91 Å². The molecule has 1 heterocycles. The van der Waals surface area contributed by atoms with E-state index in [1.54, 1.807) is 18.0 Å². The number of amides is 2. The first-order valence-corrected chi connectivity index (χ1v) is 8.43. The molecule has 0 saturated heterocycles. The van der Waals surface area contributed by atoms with E-state index in [1.165, 1.54) is 0 Å². The molecule has 1 aromatic rings. The van der Waals surface area contributed by atoms with E-state index in [1.807, 2.05) is 42.5 Å². The normalized spacial score (nSPS) is 19.4. The smallest absolute Gasteiger partial charge is 0.254 e. The van der Waals surface area contributed by atoms with E-state index >= 15 is 0 Å². The van der Waals surface area contributed by atoms with Gasteiger partial charge in [-0.1, -0.05) is 59.0 Å². The number of alkyl halides is 1. The van der Waals surface area contributed by atoms with E-state index in [0.717, 1.165) is 11.1 Å². The molecule has 0 spiro atoms. The summed E-state index contributed by atoms with van der Waals surface area (Å²) in [6.45, 7) is 1.59. The molecule has 0 bridgehead atoms. The van der Waals surface area contributed by atoms with Crippen molar-refractivity contribution in [1.82, 2.24) is 10.2 Å². The fourth-order valence-electron chi connectivity index (χ4n) is 2.12. The molecule has 2 atom stereocenters. The van der Waals surface area contributed by atoms with Crippen LogP contribution in [0, 0.1) is 0 Å². The van der Waals surface area contributed by atoms with Crippen molar-refractivity contribution < 1.29 is 9.59 Å². The van der Waals surface area contributed by atoms with Crippen molar-refractivity contribution in [1.29, 1.82) is 0 Å². The van der Waals surface area contributed by atoms with E-state index in [4.69, 9.17) is 5.73 Å². The van der Waals surface area contributed by atoms with Crippen molar-refractivity contribution in [3.05, 3.63) is 54.2 Å². The van der Waals surface area contributed by atoms with Crippen molar-refractivity contribution >= 4 is 40.0 Å². The number of carbonyl (C=O) groups excluding carboxylic acids is 2. The molecule has 1 aromatic carbocycles. The molecular formula is C16H18IN3O2. The second-order valence-corrected chi connectivity index (χ2v) is 5.67. The highest BCUT2D eigenvalue weighted by Gasteiger charge is 2.30. The van der Waals surface area contributed by atoms with Crippen LogP contribution in [0.15, 0.2) is 48.7 Å². The Hall–Kier alpha value is -1.67. The zero-order chi connectivity index (χ0) is 16.1. The van der Waals surface area contributed by atoms with E-state index in [0.29, 0.717) is 4.55 Å². The van der Waals surface area contributed by atoms with Crippen LogP contribution in [0.4, 0.5) is 0 Å². The highest BCUT2D eigenvalue weighted by molar-refractivity contribution is 14.1. The fourth-order valence-corrected chi connectivity index (χ4v) is 2.69. The summed E-state index contributed by atoms with van der Waals surface area (Å²) in [5.41, 5.74) is 7.26. The zero-order valence-corrected chi connectivity index (χ0v) is 14.4. The van der Waals surface area contributed by atoms with Gasteiger partial charge in [0.05, 0.1) is 10.6 Å². The minimum Gasteiger partial charge on any atom is -0.339 e. The summed E-state index contributed by atoms with van der Waals surface area (Å²) in [6.07, 6.45) is 5.39. The van der Waals surface area contributed by atoms with Gasteiger partial charge in [-0.05, 0) is 24.1 Å². The quantitative estimate of drug-likeness (QED) is 0.450. The molecule has 22 heavy (non-hydrogen) atoms. The first kappa shape index (κ1) is 16.7. The average Bonchev–Trinajstić information content (AvgIpc) is 2.68. The maximum atomic E-state index is 12.7. The van der Waals surface area contributed by atoms with Crippen molar-refractivity contribution in [3.8, 4) is 0 Å². The number of benzene rings is 1. The van der Waals surface area contributed by atoms with Gasteiger partial charge in [-0.15, -0.1) is 0 Å². The minimum atomic E-state index is -0.745. The van der Waals surface area contributed by atoms with Crippen LogP contribution in [-0.2, 0) is 9.59 Å². The molecule has 5 nitrogen and oxygen atoms in total. The van der Waals surface area contributed by atoms with Gasteiger partial charge in [0.2, 0.25) is 5.91 Å². The molecule has 2 rings (SSSR count). The second kappa shape index (κ2) is 7.55. The maximum Gasteiger partial charge on any atom is 0.254 e. The van der Waals surface area contributed by atoms with Crippen LogP contribution in [0.5, 0.6) is 0 Å². The van der Waals surface area contributed by atoms with Crippen molar-refractivity contribution in [2.24, 2.45) is 5.73 Å². The highest BCUT2D eigenvalue weighted by atomic mass is 127. The summed E-state index contributed by atoms with van der Waals surface area (Å²) in [6, 6.07) is 8.12. The number of hydrogen-bond acceptors (Lipinski definition) is 3. The van der Waals surface area contributed by atoms with Crippen LogP contribution in [0.3, 0.4) is 0 Å². The third kappa shape index (κ3) is 3.75. The molecule has 0 saturated carbocycles. The first-order chi connectivity index (χ1) is 10.5. The molecule has 1 aliphatic rings. The number of nitrogens with two attached hydrogens (primary N) is 1. The van der Waals surface area contributed by atoms with E-state index in [-0.39, 0.29) is 11.8 Å². The van der Waals surface area contributed by atoms with Gasteiger partial charge in [0.15, 0.2) is 0 Å². The SMILES string of the molecule is CC(N)C(=O)NC1C(=O)N(CI)C=CC=C1c1ccccc1. The van der Waals surface area contributed by atoms with Crippen molar-refractivity contribution in [3.63, 3.8) is 0 Å². The zero-order valence-electron chi connectivity index (χ0n) is 12.2. The Balaban J connectivity index is 2.39. The van der Waals surface area contributed by atoms with Crippen LogP contribution < -0.4 is 11.1 Å². The fraction of sp³-hybridized carbons (Fsp3) is 0.250. The summed E-state index contributed by atoms with van der Waals surface area (Å²) in [7, 11) is 0. The van der Waals surface area contributed by atoms with Crippen LogP contribution >= 0.6 is 22.6 Å². The van der Waals surface area contributed by atoms with Crippen molar-refractivity contribution in [2.45, 2.75) is 19.0 Å². The van der Waals surface area contributed by atoms with Crippen LogP contribution in [-0.4, -0.2) is 33.3 Å². The molecule has 0 radical (unpaired) electrons. The Morgan fingerprint density at radius 3 is 2.68 bits per heavy atom. The summed E-state index contributed by atoms with van der Waals surface area (Å²) >= 11 is 2.11. The number of allylic oxidation sites excluding steroid dienone is 2. The van der Waals surface area contributed by atoms with Gasteiger partial charge < -0.3 is 16.0 Å². The second-order valence-electron chi connectivity index (χ2n) is 4.99. The topological polar surface area (TPSA) is 75.4 Å². The maximum absolute atomic E-state index is 12.7. The molecule has 116 valence electrons. The molecule has 2 amide bonds. The van der Waals surface area contributed by atoms with Gasteiger partial charge in [-0.2, -0.15) is 0 Å². The molecule has 6 heteroatoms. The molecule has 1 aliphatic heterocycles. The number of nitrogens with one attached hydrogen (secondary N) is 1. The van der Waals surface area contributed by atoms with Crippen LogP contribution in [0.25, 0.3) is 5.57 Å². The lowest BCUT2D eigenvalue weighted by Gasteiger charge is -2.25. The Kier molecular flexibility index (Phi) is 5.73. The number of rotatable bonds is 4. The standard InChI is InChI=1S/C16H18IN3O2/c1-11(18)15(21)19-14-13(12-6-3-2-4-7-12)8-5-9-20(10-17)16(14)22/h2-9,11,14H,10,18H2,1H3,(H,19,21). The van der Waals surface area contributed by atoms with Gasteiger partial charge in [0.1, 0.15) is 6.04 Å². The predicted octanol–water partition coefficient (Wildman–Crippen LogP) is 1.65. The Labute approximate surface area is 143 Å². The summed E-state index contributed by atoms with van der Waals surface area (Å²) < 4.78 is 0.507. The molecule has 0 aliphatic carbocycles. The molecular weight excluding hydrogens is 393 g/mol. The minimum absolute atomic E-state index is 0.174. The third-order valence-corrected chi connectivity index (χ3v) is 4.05. The Morgan fingerprint density at radius 1 is 1.41 bits per heavy atom. The number of carbonyl (C=O) groups is 2. The molecule has 0 fully saturated rings.